The second kappa shape index (κ2) is 12.7. The fourth-order valence-corrected chi connectivity index (χ4v) is 2.01. The molecule has 0 radical (unpaired) electrons. The van der Waals surface area contributed by atoms with Crippen molar-refractivity contribution in [2.75, 3.05) is 6.54 Å². The number of carboxylic acid groups (broad SMARTS) is 4. The van der Waals surface area contributed by atoms with Gasteiger partial charge in [-0.2, -0.15) is 0 Å². The molecule has 9 N–H and O–H groups in total. The van der Waals surface area contributed by atoms with Crippen LogP contribution in [0.3, 0.4) is 0 Å². The largest absolute Gasteiger partial charge is 0.481 e. The highest BCUT2D eigenvalue weighted by molar-refractivity contribution is 5.96. The minimum atomic E-state index is -1.77. The first-order chi connectivity index (χ1) is 13.8. The van der Waals surface area contributed by atoms with Crippen molar-refractivity contribution in [3.05, 3.63) is 0 Å². The van der Waals surface area contributed by atoms with Crippen LogP contribution in [0, 0.1) is 0 Å². The second-order valence-electron chi connectivity index (χ2n) is 5.97. The highest BCUT2D eigenvalue weighted by Crippen LogP contribution is 2.01. The molecule has 0 aromatic carbocycles. The van der Waals surface area contributed by atoms with Gasteiger partial charge in [0.05, 0.1) is 18.9 Å². The van der Waals surface area contributed by atoms with Gasteiger partial charge < -0.3 is 42.1 Å². The standard InChI is InChI=1S/C15H22N4O11/c16-6(1-2-9(20)21)13(28)18-8(4-11(24)25)15(30)19-7(3-10(22)23)14(29)17-5-12(26)27/h6-8H,1-5,16H2,(H,17,29)(H,18,28)(H,19,30)(H,20,21)(H,22,23)(H,24,25)(H,26,27)/t6-,7-,8-/m0/s1. The van der Waals surface area contributed by atoms with Crippen molar-refractivity contribution in [1.29, 1.82) is 0 Å². The van der Waals surface area contributed by atoms with Crippen LogP contribution < -0.4 is 21.7 Å². The number of rotatable bonds is 14. The van der Waals surface area contributed by atoms with E-state index in [2.05, 4.69) is 0 Å². The Morgan fingerprint density at radius 1 is 0.667 bits per heavy atom. The topological polar surface area (TPSA) is 263 Å². The quantitative estimate of drug-likeness (QED) is 0.131. The maximum atomic E-state index is 12.3. The molecule has 0 aromatic heterocycles. The Kier molecular flexibility index (Phi) is 11.1. The van der Waals surface area contributed by atoms with E-state index in [-0.39, 0.29) is 6.42 Å². The summed E-state index contributed by atoms with van der Waals surface area (Å²) < 4.78 is 0. The lowest BCUT2D eigenvalue weighted by Crippen LogP contribution is -2.56. The molecule has 3 amide bonds. The molecule has 0 aliphatic carbocycles. The van der Waals surface area contributed by atoms with E-state index in [1.54, 1.807) is 0 Å². The van der Waals surface area contributed by atoms with E-state index in [9.17, 15) is 33.6 Å². The fourth-order valence-electron chi connectivity index (χ4n) is 2.01. The first-order valence-corrected chi connectivity index (χ1v) is 8.34. The summed E-state index contributed by atoms with van der Waals surface area (Å²) in [6, 6.07) is -4.91. The summed E-state index contributed by atoms with van der Waals surface area (Å²) in [5.41, 5.74) is 5.48. The lowest BCUT2D eigenvalue weighted by Gasteiger charge is -2.22. The summed E-state index contributed by atoms with van der Waals surface area (Å²) in [5, 5.41) is 40.7. The lowest BCUT2D eigenvalue weighted by molar-refractivity contribution is -0.143. The number of hydrogen-bond donors (Lipinski definition) is 8. The zero-order valence-electron chi connectivity index (χ0n) is 15.5. The van der Waals surface area contributed by atoms with Crippen molar-refractivity contribution in [3.63, 3.8) is 0 Å². The zero-order chi connectivity index (χ0) is 23.4. The van der Waals surface area contributed by atoms with E-state index >= 15 is 0 Å². The number of aliphatic carboxylic acids is 4. The molecule has 0 saturated carbocycles. The van der Waals surface area contributed by atoms with Crippen molar-refractivity contribution in [2.45, 2.75) is 43.8 Å². The first-order valence-electron chi connectivity index (χ1n) is 8.34. The number of carbonyl (C=O) groups is 7. The van der Waals surface area contributed by atoms with Crippen molar-refractivity contribution < 1.29 is 54.0 Å². The molecule has 0 spiro atoms. The van der Waals surface area contributed by atoms with Gasteiger partial charge in [-0.05, 0) is 6.42 Å². The minimum absolute atomic E-state index is 0.304. The third-order valence-electron chi connectivity index (χ3n) is 3.44. The molecule has 0 rings (SSSR count). The normalized spacial score (nSPS) is 13.2. The molecule has 0 heterocycles. The number of carbonyl (C=O) groups excluding carboxylic acids is 3. The Bertz CT molecular complexity index is 709. The van der Waals surface area contributed by atoms with Gasteiger partial charge in [0.2, 0.25) is 17.7 Å². The molecule has 168 valence electrons. The molecular formula is C15H22N4O11. The van der Waals surface area contributed by atoms with E-state index in [0.29, 0.717) is 0 Å². The highest BCUT2D eigenvalue weighted by Gasteiger charge is 2.31. The summed E-state index contributed by atoms with van der Waals surface area (Å²) in [4.78, 5) is 79.1. The Morgan fingerprint density at radius 2 is 1.13 bits per heavy atom. The third kappa shape index (κ3) is 11.2. The second-order valence-corrected chi connectivity index (χ2v) is 5.97. The molecule has 3 atom stereocenters. The van der Waals surface area contributed by atoms with E-state index in [4.69, 9.17) is 26.2 Å². The van der Waals surface area contributed by atoms with E-state index < -0.39 is 85.5 Å². The van der Waals surface area contributed by atoms with Crippen LogP contribution in [-0.2, 0) is 33.6 Å². The predicted octanol–water partition coefficient (Wildman–Crippen LogP) is -3.70. The van der Waals surface area contributed by atoms with Crippen LogP contribution in [-0.4, -0.2) is 86.7 Å². The van der Waals surface area contributed by atoms with Crippen LogP contribution >= 0.6 is 0 Å². The molecule has 0 aliphatic heterocycles. The monoisotopic (exact) mass is 434 g/mol. The average molecular weight is 434 g/mol. The maximum absolute atomic E-state index is 12.3. The van der Waals surface area contributed by atoms with Crippen LogP contribution in [0.25, 0.3) is 0 Å². The molecule has 0 saturated heterocycles. The summed E-state index contributed by atoms with van der Waals surface area (Å²) in [7, 11) is 0. The molecular weight excluding hydrogens is 412 g/mol. The first kappa shape index (κ1) is 26.2. The van der Waals surface area contributed by atoms with E-state index in [1.807, 2.05) is 16.0 Å². The molecule has 0 aliphatic rings. The summed E-state index contributed by atoms with van der Waals surface area (Å²) in [6.07, 6.45) is -2.68. The summed E-state index contributed by atoms with van der Waals surface area (Å²) >= 11 is 0. The Hall–Kier alpha value is -3.75. The Balaban J connectivity index is 5.26. The maximum Gasteiger partial charge on any atom is 0.322 e. The molecule has 30 heavy (non-hydrogen) atoms. The molecule has 0 unspecified atom stereocenters. The smallest absolute Gasteiger partial charge is 0.322 e. The van der Waals surface area contributed by atoms with Crippen molar-refractivity contribution in [2.24, 2.45) is 5.73 Å². The Morgan fingerprint density at radius 3 is 1.57 bits per heavy atom. The van der Waals surface area contributed by atoms with Gasteiger partial charge in [-0.1, -0.05) is 0 Å². The predicted molar refractivity (Wildman–Crippen MR) is 93.9 cm³/mol. The molecule has 15 heteroatoms. The van der Waals surface area contributed by atoms with Gasteiger partial charge in [0.25, 0.3) is 0 Å². The van der Waals surface area contributed by atoms with E-state index in [1.165, 1.54) is 0 Å². The third-order valence-corrected chi connectivity index (χ3v) is 3.44. The van der Waals surface area contributed by atoms with Crippen molar-refractivity contribution in [3.8, 4) is 0 Å². The van der Waals surface area contributed by atoms with Gasteiger partial charge in [0, 0.05) is 6.42 Å². The zero-order valence-corrected chi connectivity index (χ0v) is 15.5. The summed E-state index contributed by atoms with van der Waals surface area (Å²) in [6.45, 7) is -0.863. The number of hydrogen-bond acceptors (Lipinski definition) is 8. The number of nitrogens with two attached hydrogens (primary N) is 1. The lowest BCUT2D eigenvalue weighted by atomic mass is 10.1. The van der Waals surface area contributed by atoms with Crippen LogP contribution in [0.2, 0.25) is 0 Å². The number of amides is 3. The van der Waals surface area contributed by atoms with Gasteiger partial charge in [-0.25, -0.2) is 0 Å². The van der Waals surface area contributed by atoms with Crippen LogP contribution in [0.5, 0.6) is 0 Å². The number of nitrogens with one attached hydrogen (secondary N) is 3. The highest BCUT2D eigenvalue weighted by atomic mass is 16.4. The van der Waals surface area contributed by atoms with Gasteiger partial charge in [-0.3, -0.25) is 33.6 Å². The minimum Gasteiger partial charge on any atom is -0.481 e. The van der Waals surface area contributed by atoms with Gasteiger partial charge in [0.15, 0.2) is 0 Å². The van der Waals surface area contributed by atoms with Gasteiger partial charge >= 0.3 is 23.9 Å². The Labute approximate surface area is 168 Å². The molecule has 15 nitrogen and oxygen atoms in total. The van der Waals surface area contributed by atoms with Crippen molar-refractivity contribution >= 4 is 41.6 Å². The fraction of sp³-hybridized carbons (Fsp3) is 0.533. The van der Waals surface area contributed by atoms with Gasteiger partial charge in [0.1, 0.15) is 18.6 Å². The number of carboxylic acids is 4. The van der Waals surface area contributed by atoms with Crippen LogP contribution in [0.4, 0.5) is 0 Å². The van der Waals surface area contributed by atoms with E-state index in [0.717, 1.165) is 0 Å². The van der Waals surface area contributed by atoms with Crippen LogP contribution in [0.1, 0.15) is 25.7 Å². The van der Waals surface area contributed by atoms with Gasteiger partial charge in [-0.15, -0.1) is 0 Å². The van der Waals surface area contributed by atoms with Crippen LogP contribution in [0.15, 0.2) is 0 Å². The molecule has 0 bridgehead atoms. The molecule has 0 fully saturated rings. The SMILES string of the molecule is N[C@@H](CCC(=O)O)C(=O)N[C@@H](CC(=O)O)C(=O)N[C@@H](CC(=O)O)C(=O)NCC(=O)O. The molecule has 0 aromatic rings. The summed E-state index contributed by atoms with van der Waals surface area (Å²) in [5.74, 6) is -9.17. The average Bonchev–Trinajstić information content (AvgIpc) is 2.61. The van der Waals surface area contributed by atoms with Crippen molar-refractivity contribution in [1.82, 2.24) is 16.0 Å².